The van der Waals surface area contributed by atoms with Gasteiger partial charge >= 0.3 is 0 Å². The molecule has 0 bridgehead atoms. The second-order valence-electron chi connectivity index (χ2n) is 3.16. The topological polar surface area (TPSA) is 0 Å². The van der Waals surface area contributed by atoms with Gasteiger partial charge in [0.05, 0.1) is 18.3 Å². The zero-order valence-corrected chi connectivity index (χ0v) is 11.3. The van der Waals surface area contributed by atoms with Crippen LogP contribution in [0.15, 0.2) is 0 Å². The second kappa shape index (κ2) is 5.62. The summed E-state index contributed by atoms with van der Waals surface area (Å²) in [5.41, 5.74) is 3.15. The van der Waals surface area contributed by atoms with Crippen LogP contribution in [0.4, 0.5) is 0 Å². The monoisotopic (exact) mass is 184 g/mol. The SMILES string of the molecule is CC[Si](CC)(CC)CC#C[SiH3]. The third-order valence-corrected chi connectivity index (χ3v) is 8.67. The molecular formula is C9H20Si2. The van der Waals surface area contributed by atoms with Gasteiger partial charge in [-0.25, -0.2) is 0 Å². The van der Waals surface area contributed by atoms with E-state index < -0.39 is 8.07 Å². The first-order valence-corrected chi connectivity index (χ1v) is 8.47. The molecule has 0 rings (SSSR count). The van der Waals surface area contributed by atoms with Crippen molar-refractivity contribution in [1.29, 1.82) is 0 Å². The molecule has 0 radical (unpaired) electrons. The molecule has 0 nitrogen and oxygen atoms in total. The lowest BCUT2D eigenvalue weighted by Gasteiger charge is -2.25. The van der Waals surface area contributed by atoms with Crippen LogP contribution in [0.3, 0.4) is 0 Å². The Morgan fingerprint density at radius 2 is 1.55 bits per heavy atom. The van der Waals surface area contributed by atoms with Crippen molar-refractivity contribution in [3.05, 3.63) is 0 Å². The maximum Gasteiger partial charge on any atom is 0.0906 e. The summed E-state index contributed by atoms with van der Waals surface area (Å²) in [6.45, 7) is 7.02. The van der Waals surface area contributed by atoms with Crippen LogP contribution in [0.1, 0.15) is 20.8 Å². The van der Waals surface area contributed by atoms with E-state index in [1.54, 1.807) is 0 Å². The summed E-state index contributed by atoms with van der Waals surface area (Å²) in [7, 11) is 0.161. The Hall–Kier alpha value is -0.00623. The fourth-order valence-corrected chi connectivity index (χ4v) is 4.73. The number of hydrogen-bond donors (Lipinski definition) is 0. The van der Waals surface area contributed by atoms with Gasteiger partial charge < -0.3 is 0 Å². The summed E-state index contributed by atoms with van der Waals surface area (Å²) in [4.78, 5) is 0. The van der Waals surface area contributed by atoms with Crippen LogP contribution in [-0.4, -0.2) is 18.3 Å². The van der Waals surface area contributed by atoms with Crippen LogP contribution in [0.5, 0.6) is 0 Å². The standard InChI is InChI=1S/C9H20Si2/c1-4-11(5-2,6-3)9-7-8-10/h4-6,9H2,1-3,10H3. The molecule has 0 aromatic heterocycles. The Bertz CT molecular complexity index is 140. The van der Waals surface area contributed by atoms with Gasteiger partial charge in [-0.15, -0.1) is 11.5 Å². The van der Waals surface area contributed by atoms with Crippen molar-refractivity contribution in [2.45, 2.75) is 44.9 Å². The van der Waals surface area contributed by atoms with Crippen molar-refractivity contribution in [1.82, 2.24) is 0 Å². The molecule has 2 heteroatoms. The predicted octanol–water partition coefficient (Wildman–Crippen LogP) is 1.82. The molecule has 0 atom stereocenters. The highest BCUT2D eigenvalue weighted by Gasteiger charge is 2.24. The summed E-state index contributed by atoms with van der Waals surface area (Å²) in [5.74, 6) is 3.32. The molecule has 0 aliphatic heterocycles. The average Bonchev–Trinajstić information content (AvgIpc) is 2.08. The van der Waals surface area contributed by atoms with E-state index in [1.807, 2.05) is 0 Å². The first kappa shape index (κ1) is 11.0. The van der Waals surface area contributed by atoms with E-state index in [9.17, 15) is 0 Å². The molecule has 0 saturated heterocycles. The van der Waals surface area contributed by atoms with Crippen LogP contribution in [-0.2, 0) is 0 Å². The van der Waals surface area contributed by atoms with Gasteiger partial charge in [0.15, 0.2) is 0 Å². The van der Waals surface area contributed by atoms with Crippen molar-refractivity contribution >= 4 is 18.3 Å². The lowest BCUT2D eigenvalue weighted by molar-refractivity contribution is 1.15. The minimum Gasteiger partial charge on any atom is -0.144 e. The Balaban J connectivity index is 4.12. The smallest absolute Gasteiger partial charge is 0.0906 e. The highest BCUT2D eigenvalue weighted by Crippen LogP contribution is 2.23. The van der Waals surface area contributed by atoms with E-state index in [2.05, 4.69) is 32.2 Å². The third kappa shape index (κ3) is 3.26. The number of hydrogen-bond acceptors (Lipinski definition) is 0. The molecule has 0 spiro atoms. The Morgan fingerprint density at radius 3 is 1.82 bits per heavy atom. The van der Waals surface area contributed by atoms with Gasteiger partial charge in [-0.05, 0) is 0 Å². The van der Waals surface area contributed by atoms with Gasteiger partial charge in [-0.1, -0.05) is 38.9 Å². The Labute approximate surface area is 75.2 Å². The average molecular weight is 184 g/mol. The van der Waals surface area contributed by atoms with Crippen molar-refractivity contribution in [2.24, 2.45) is 0 Å². The molecule has 0 N–H and O–H groups in total. The molecule has 0 amide bonds. The zero-order chi connectivity index (χ0) is 8.74. The number of rotatable bonds is 4. The normalized spacial score (nSPS) is 10.8. The summed E-state index contributed by atoms with van der Waals surface area (Å²) in [6.07, 6.45) is 0. The Morgan fingerprint density at radius 1 is 1.09 bits per heavy atom. The summed E-state index contributed by atoms with van der Waals surface area (Å²) < 4.78 is 0. The first-order valence-electron chi connectivity index (χ1n) is 4.64. The maximum atomic E-state index is 3.32. The molecule has 0 aromatic carbocycles. The van der Waals surface area contributed by atoms with E-state index in [4.69, 9.17) is 0 Å². The van der Waals surface area contributed by atoms with E-state index in [-0.39, 0.29) is 0 Å². The lowest BCUT2D eigenvalue weighted by Crippen LogP contribution is -2.30. The van der Waals surface area contributed by atoms with Crippen molar-refractivity contribution in [2.75, 3.05) is 0 Å². The quantitative estimate of drug-likeness (QED) is 0.462. The van der Waals surface area contributed by atoms with Gasteiger partial charge in [0, 0.05) is 6.04 Å². The van der Waals surface area contributed by atoms with Crippen molar-refractivity contribution in [3.63, 3.8) is 0 Å². The molecule has 0 aliphatic rings. The molecule has 64 valence electrons. The van der Waals surface area contributed by atoms with E-state index >= 15 is 0 Å². The predicted molar refractivity (Wildman–Crippen MR) is 59.7 cm³/mol. The van der Waals surface area contributed by atoms with Gasteiger partial charge in [-0.2, -0.15) is 0 Å². The Kier molecular flexibility index (Phi) is 5.62. The molecule has 0 saturated carbocycles. The minimum atomic E-state index is -0.890. The van der Waals surface area contributed by atoms with Gasteiger partial charge in [0.1, 0.15) is 0 Å². The first-order chi connectivity index (χ1) is 5.24. The molecule has 0 unspecified atom stereocenters. The van der Waals surface area contributed by atoms with E-state index in [0.717, 1.165) is 10.2 Å². The van der Waals surface area contributed by atoms with Crippen LogP contribution in [0.2, 0.25) is 24.2 Å². The summed E-state index contributed by atoms with van der Waals surface area (Å²) in [6, 6.07) is 5.49. The van der Waals surface area contributed by atoms with Crippen LogP contribution >= 0.6 is 0 Å². The highest BCUT2D eigenvalue weighted by atomic mass is 28.3. The van der Waals surface area contributed by atoms with Gasteiger partial charge in [0.2, 0.25) is 0 Å². The zero-order valence-electron chi connectivity index (χ0n) is 8.33. The molecule has 0 heterocycles. The van der Waals surface area contributed by atoms with Crippen molar-refractivity contribution in [3.8, 4) is 11.5 Å². The van der Waals surface area contributed by atoms with Crippen molar-refractivity contribution < 1.29 is 0 Å². The molecular weight excluding hydrogens is 164 g/mol. The molecule has 0 fully saturated rings. The van der Waals surface area contributed by atoms with Crippen LogP contribution < -0.4 is 0 Å². The van der Waals surface area contributed by atoms with Gasteiger partial charge in [-0.3, -0.25) is 0 Å². The molecule has 11 heavy (non-hydrogen) atoms. The van der Waals surface area contributed by atoms with Gasteiger partial charge in [0.25, 0.3) is 0 Å². The maximum absolute atomic E-state index is 3.32. The fraction of sp³-hybridized carbons (Fsp3) is 0.778. The summed E-state index contributed by atoms with van der Waals surface area (Å²) in [5, 5.41) is 0. The van der Waals surface area contributed by atoms with E-state index in [1.165, 1.54) is 24.2 Å². The van der Waals surface area contributed by atoms with Crippen LogP contribution in [0.25, 0.3) is 0 Å². The second-order valence-corrected chi connectivity index (χ2v) is 9.14. The third-order valence-electron chi connectivity index (χ3n) is 2.89. The molecule has 0 aromatic rings. The largest absolute Gasteiger partial charge is 0.144 e. The highest BCUT2D eigenvalue weighted by molar-refractivity contribution is 6.80. The van der Waals surface area contributed by atoms with E-state index in [0.29, 0.717) is 0 Å². The van der Waals surface area contributed by atoms with Crippen LogP contribution in [0, 0.1) is 11.5 Å². The lowest BCUT2D eigenvalue weighted by atomic mass is 10.8. The molecule has 0 aliphatic carbocycles. The fourth-order valence-electron chi connectivity index (χ4n) is 1.40. The minimum absolute atomic E-state index is 0.890. The summed E-state index contributed by atoms with van der Waals surface area (Å²) >= 11 is 0.